The molecule has 21 heavy (non-hydrogen) atoms. The third-order valence-corrected chi connectivity index (χ3v) is 4.12. The molecule has 1 unspecified atom stereocenters. The van der Waals surface area contributed by atoms with Gasteiger partial charge in [0.2, 0.25) is 5.91 Å². The summed E-state index contributed by atoms with van der Waals surface area (Å²) in [7, 11) is 0. The molecule has 118 valence electrons. The third-order valence-electron chi connectivity index (χ3n) is 4.12. The van der Waals surface area contributed by atoms with Gasteiger partial charge in [-0.3, -0.25) is 9.69 Å². The Bertz CT molecular complexity index is 432. The molecule has 0 fully saturated rings. The zero-order chi connectivity index (χ0) is 15.8. The molecule has 0 saturated carbocycles. The highest BCUT2D eigenvalue weighted by molar-refractivity contribution is 5.96. The van der Waals surface area contributed by atoms with Gasteiger partial charge in [0.15, 0.2) is 0 Å². The normalized spacial score (nSPS) is 12.5. The number of aryl methyl sites for hydroxylation is 2. The van der Waals surface area contributed by atoms with Gasteiger partial charge < -0.3 is 5.32 Å². The van der Waals surface area contributed by atoms with Gasteiger partial charge in [-0.2, -0.15) is 0 Å². The van der Waals surface area contributed by atoms with Crippen molar-refractivity contribution >= 4 is 11.6 Å². The Hall–Kier alpha value is -1.35. The molecule has 0 spiro atoms. The van der Waals surface area contributed by atoms with Gasteiger partial charge in [-0.05, 0) is 44.5 Å². The summed E-state index contributed by atoms with van der Waals surface area (Å²) in [6, 6.07) is 6.08. The number of likely N-dealkylation sites (N-methyl/N-ethyl adjacent to an activating group) is 1. The van der Waals surface area contributed by atoms with Crippen molar-refractivity contribution in [3.8, 4) is 0 Å². The summed E-state index contributed by atoms with van der Waals surface area (Å²) >= 11 is 0. The molecule has 1 atom stereocenters. The van der Waals surface area contributed by atoms with Crippen molar-refractivity contribution in [3.05, 3.63) is 29.3 Å². The fourth-order valence-corrected chi connectivity index (χ4v) is 2.76. The second-order valence-corrected chi connectivity index (χ2v) is 5.64. The molecule has 3 nitrogen and oxygen atoms in total. The molecule has 0 aliphatic rings. The van der Waals surface area contributed by atoms with Gasteiger partial charge in [0, 0.05) is 5.69 Å². The minimum Gasteiger partial charge on any atom is -0.324 e. The quantitative estimate of drug-likeness (QED) is 0.780. The van der Waals surface area contributed by atoms with Crippen molar-refractivity contribution in [1.82, 2.24) is 4.90 Å². The second kappa shape index (κ2) is 8.83. The van der Waals surface area contributed by atoms with E-state index in [9.17, 15) is 4.79 Å². The molecule has 0 bridgehead atoms. The molecule has 1 rings (SSSR count). The lowest BCUT2D eigenvalue weighted by atomic mass is 10.1. The van der Waals surface area contributed by atoms with E-state index in [4.69, 9.17) is 0 Å². The summed E-state index contributed by atoms with van der Waals surface area (Å²) in [6.07, 6.45) is 3.13. The van der Waals surface area contributed by atoms with Crippen LogP contribution in [0.25, 0.3) is 0 Å². The summed E-state index contributed by atoms with van der Waals surface area (Å²) in [4.78, 5) is 15.0. The molecule has 1 N–H and O–H groups in total. The van der Waals surface area contributed by atoms with Crippen molar-refractivity contribution in [1.29, 1.82) is 0 Å². The van der Waals surface area contributed by atoms with E-state index in [-0.39, 0.29) is 11.9 Å². The lowest BCUT2D eigenvalue weighted by Crippen LogP contribution is -2.44. The number of para-hydroxylation sites is 1. The van der Waals surface area contributed by atoms with Crippen molar-refractivity contribution < 1.29 is 4.79 Å². The minimum absolute atomic E-state index is 0.0287. The van der Waals surface area contributed by atoms with Crippen LogP contribution in [0, 0.1) is 13.8 Å². The molecule has 0 radical (unpaired) electrons. The van der Waals surface area contributed by atoms with Gasteiger partial charge in [-0.25, -0.2) is 0 Å². The van der Waals surface area contributed by atoms with E-state index in [0.717, 1.165) is 49.2 Å². The Balaban J connectivity index is 2.89. The monoisotopic (exact) mass is 290 g/mol. The highest BCUT2D eigenvalue weighted by Gasteiger charge is 2.24. The Morgan fingerprint density at radius 2 is 1.71 bits per heavy atom. The lowest BCUT2D eigenvalue weighted by Gasteiger charge is -2.29. The number of anilines is 1. The number of hydrogen-bond acceptors (Lipinski definition) is 2. The van der Waals surface area contributed by atoms with Crippen LogP contribution in [0.4, 0.5) is 5.69 Å². The van der Waals surface area contributed by atoms with Crippen molar-refractivity contribution in [2.24, 2.45) is 0 Å². The summed E-state index contributed by atoms with van der Waals surface area (Å²) in [5.41, 5.74) is 3.21. The van der Waals surface area contributed by atoms with E-state index in [1.165, 1.54) is 0 Å². The Labute approximate surface area is 129 Å². The van der Waals surface area contributed by atoms with Crippen LogP contribution < -0.4 is 5.32 Å². The van der Waals surface area contributed by atoms with E-state index in [2.05, 4.69) is 31.0 Å². The predicted octanol–water partition coefficient (Wildman–Crippen LogP) is 4.14. The lowest BCUT2D eigenvalue weighted by molar-refractivity contribution is -0.121. The number of rotatable bonds is 8. The molecule has 0 aliphatic heterocycles. The number of hydrogen-bond donors (Lipinski definition) is 1. The SMILES string of the molecule is CCCCC(C(=O)Nc1c(C)cccc1C)N(CC)CC. The number of nitrogens with one attached hydrogen (secondary N) is 1. The maximum absolute atomic E-state index is 12.7. The molecule has 1 aromatic rings. The Morgan fingerprint density at radius 3 is 2.19 bits per heavy atom. The van der Waals surface area contributed by atoms with Gasteiger partial charge in [0.05, 0.1) is 6.04 Å². The van der Waals surface area contributed by atoms with Crippen molar-refractivity contribution in [2.75, 3.05) is 18.4 Å². The van der Waals surface area contributed by atoms with E-state index in [0.29, 0.717) is 0 Å². The van der Waals surface area contributed by atoms with E-state index >= 15 is 0 Å². The fraction of sp³-hybridized carbons (Fsp3) is 0.611. The van der Waals surface area contributed by atoms with Crippen LogP contribution in [0.1, 0.15) is 51.2 Å². The van der Waals surface area contributed by atoms with Gasteiger partial charge in [-0.1, -0.05) is 51.8 Å². The molecule has 1 aromatic carbocycles. The number of unbranched alkanes of at least 4 members (excludes halogenated alkanes) is 1. The Kier molecular flexibility index (Phi) is 7.44. The second-order valence-electron chi connectivity index (χ2n) is 5.64. The van der Waals surface area contributed by atoms with Crippen LogP contribution in [-0.2, 0) is 4.79 Å². The summed E-state index contributed by atoms with van der Waals surface area (Å²) < 4.78 is 0. The van der Waals surface area contributed by atoms with Crippen LogP contribution in [-0.4, -0.2) is 29.9 Å². The smallest absolute Gasteiger partial charge is 0.241 e. The van der Waals surface area contributed by atoms with Gasteiger partial charge in [-0.15, -0.1) is 0 Å². The maximum atomic E-state index is 12.7. The predicted molar refractivity (Wildman–Crippen MR) is 90.8 cm³/mol. The first-order valence-electron chi connectivity index (χ1n) is 8.16. The molecule has 0 saturated heterocycles. The molecular weight excluding hydrogens is 260 g/mol. The van der Waals surface area contributed by atoms with Crippen LogP contribution in [0.3, 0.4) is 0 Å². The highest BCUT2D eigenvalue weighted by atomic mass is 16.2. The van der Waals surface area contributed by atoms with Crippen LogP contribution in [0.2, 0.25) is 0 Å². The summed E-state index contributed by atoms with van der Waals surface area (Å²) in [5, 5.41) is 3.16. The first-order valence-corrected chi connectivity index (χ1v) is 8.16. The Morgan fingerprint density at radius 1 is 1.14 bits per heavy atom. The zero-order valence-electron chi connectivity index (χ0n) is 14.2. The summed E-state index contributed by atoms with van der Waals surface area (Å²) in [5.74, 6) is 0.129. The molecule has 0 aliphatic carbocycles. The zero-order valence-corrected chi connectivity index (χ0v) is 14.2. The molecule has 0 aromatic heterocycles. The van der Waals surface area contributed by atoms with E-state index in [1.54, 1.807) is 0 Å². The largest absolute Gasteiger partial charge is 0.324 e. The minimum atomic E-state index is -0.0287. The van der Waals surface area contributed by atoms with Gasteiger partial charge in [0.25, 0.3) is 0 Å². The van der Waals surface area contributed by atoms with Crippen LogP contribution >= 0.6 is 0 Å². The van der Waals surface area contributed by atoms with Gasteiger partial charge >= 0.3 is 0 Å². The van der Waals surface area contributed by atoms with E-state index in [1.807, 2.05) is 32.0 Å². The number of amides is 1. The average molecular weight is 290 g/mol. The number of carbonyl (C=O) groups excluding carboxylic acids is 1. The molecule has 0 heterocycles. The van der Waals surface area contributed by atoms with E-state index < -0.39 is 0 Å². The summed E-state index contributed by atoms with van der Waals surface area (Å²) in [6.45, 7) is 12.3. The van der Waals surface area contributed by atoms with Crippen molar-refractivity contribution in [3.63, 3.8) is 0 Å². The van der Waals surface area contributed by atoms with Crippen LogP contribution in [0.5, 0.6) is 0 Å². The highest BCUT2D eigenvalue weighted by Crippen LogP contribution is 2.21. The van der Waals surface area contributed by atoms with Crippen molar-refractivity contribution in [2.45, 2.75) is 59.9 Å². The first kappa shape index (κ1) is 17.7. The van der Waals surface area contributed by atoms with Crippen LogP contribution in [0.15, 0.2) is 18.2 Å². The fourth-order valence-electron chi connectivity index (χ4n) is 2.76. The first-order chi connectivity index (χ1) is 10.0. The molecule has 1 amide bonds. The molecule has 3 heteroatoms. The number of carbonyl (C=O) groups is 1. The maximum Gasteiger partial charge on any atom is 0.241 e. The third kappa shape index (κ3) is 4.85. The number of benzene rings is 1. The molecular formula is C18H30N2O. The van der Waals surface area contributed by atoms with Gasteiger partial charge in [0.1, 0.15) is 0 Å². The number of nitrogens with zero attached hydrogens (tertiary/aromatic N) is 1. The average Bonchev–Trinajstić information content (AvgIpc) is 2.47. The topological polar surface area (TPSA) is 32.3 Å². The standard InChI is InChI=1S/C18H30N2O/c1-6-9-13-16(20(7-2)8-3)18(21)19-17-14(4)11-10-12-15(17)5/h10-12,16H,6-9,13H2,1-5H3,(H,19,21).